The highest BCUT2D eigenvalue weighted by Gasteiger charge is 2.50. The van der Waals surface area contributed by atoms with Gasteiger partial charge in [-0.2, -0.15) is 0 Å². The molecule has 48 heavy (non-hydrogen) atoms. The maximum atomic E-state index is 3.63. The second kappa shape index (κ2) is 17.0. The van der Waals surface area contributed by atoms with Crippen molar-refractivity contribution in [3.63, 3.8) is 0 Å². The van der Waals surface area contributed by atoms with Gasteiger partial charge in [0.2, 0.25) is 0 Å². The molecule has 0 aliphatic rings. The van der Waals surface area contributed by atoms with Crippen LogP contribution in [0, 0.1) is 5.92 Å². The van der Waals surface area contributed by atoms with Crippen LogP contribution in [-0.2, 0) is 10.8 Å². The zero-order chi connectivity index (χ0) is 34.7. The highest BCUT2D eigenvalue weighted by atomic mass is 15.1. The lowest BCUT2D eigenvalue weighted by atomic mass is 9.51. The van der Waals surface area contributed by atoms with Crippen molar-refractivity contribution in [2.75, 3.05) is 10.2 Å². The van der Waals surface area contributed by atoms with Gasteiger partial charge in [-0.05, 0) is 122 Å². The van der Waals surface area contributed by atoms with Crippen LogP contribution in [0.1, 0.15) is 130 Å². The number of benzene rings is 4. The van der Waals surface area contributed by atoms with Gasteiger partial charge in [-0.1, -0.05) is 123 Å². The molecule has 2 nitrogen and oxygen atoms in total. The average Bonchev–Trinajstić information content (AvgIpc) is 3.13. The highest BCUT2D eigenvalue weighted by molar-refractivity contribution is 5.77. The first-order valence-corrected chi connectivity index (χ1v) is 18.8. The van der Waals surface area contributed by atoms with Crippen molar-refractivity contribution >= 4 is 22.7 Å². The molecule has 256 valence electrons. The summed E-state index contributed by atoms with van der Waals surface area (Å²) >= 11 is 0. The summed E-state index contributed by atoms with van der Waals surface area (Å²) in [5.74, 6) is 1.13. The lowest BCUT2D eigenvalue weighted by Crippen LogP contribution is -2.49. The van der Waals surface area contributed by atoms with Crippen LogP contribution in [0.25, 0.3) is 0 Å². The average molecular weight is 643 g/mol. The monoisotopic (exact) mass is 642 g/mol. The van der Waals surface area contributed by atoms with E-state index in [2.05, 4.69) is 182 Å². The van der Waals surface area contributed by atoms with Crippen LogP contribution in [-0.4, -0.2) is 0 Å². The van der Waals surface area contributed by atoms with Crippen LogP contribution in [0.5, 0.6) is 0 Å². The van der Waals surface area contributed by atoms with E-state index >= 15 is 0 Å². The third-order valence-corrected chi connectivity index (χ3v) is 11.1. The molecule has 0 bridgehead atoms. The minimum absolute atomic E-state index is 0.0175. The molecule has 2 atom stereocenters. The number of nitrogens with zero attached hydrogens (tertiary/aromatic N) is 1. The molecule has 0 saturated heterocycles. The Balaban J connectivity index is 1.83. The smallest absolute Gasteiger partial charge is 0.0463 e. The van der Waals surface area contributed by atoms with E-state index in [1.807, 2.05) is 0 Å². The van der Waals surface area contributed by atoms with E-state index in [1.54, 1.807) is 0 Å². The Hall–Kier alpha value is -3.78. The molecule has 0 amide bonds. The van der Waals surface area contributed by atoms with Gasteiger partial charge in [0.05, 0.1) is 0 Å². The van der Waals surface area contributed by atoms with Crippen LogP contribution < -0.4 is 10.2 Å². The van der Waals surface area contributed by atoms with Gasteiger partial charge in [0, 0.05) is 39.3 Å². The maximum absolute atomic E-state index is 3.63. The van der Waals surface area contributed by atoms with E-state index in [0.29, 0.717) is 11.8 Å². The number of nitrogens with one attached hydrogen (secondary N) is 1. The summed E-state index contributed by atoms with van der Waals surface area (Å²) in [4.78, 5) is 2.41. The van der Waals surface area contributed by atoms with E-state index in [1.165, 1.54) is 33.8 Å². The molecule has 0 aliphatic carbocycles. The summed E-state index contributed by atoms with van der Waals surface area (Å²) < 4.78 is 0. The summed E-state index contributed by atoms with van der Waals surface area (Å²) in [5, 5.41) is 3.63. The molecule has 0 heterocycles. The quantitative estimate of drug-likeness (QED) is 0.123. The van der Waals surface area contributed by atoms with Crippen molar-refractivity contribution in [1.82, 2.24) is 0 Å². The Morgan fingerprint density at radius 1 is 0.625 bits per heavy atom. The van der Waals surface area contributed by atoms with Gasteiger partial charge in [0.25, 0.3) is 0 Å². The summed E-state index contributed by atoms with van der Waals surface area (Å²) in [6, 6.07) is 39.1. The fraction of sp³-hybridized carbons (Fsp3) is 0.435. The molecule has 0 aromatic heterocycles. The van der Waals surface area contributed by atoms with E-state index in [4.69, 9.17) is 0 Å². The SMILES string of the molecule is CC/C=C(\CC)Nc1ccc(N(c2ccc(C(C)CC)cc2)c2ccc(C(CC)(CC(C)C)C(CC)(CC)c3ccccc3)cc2)cc1. The molecule has 0 fully saturated rings. The first-order valence-electron chi connectivity index (χ1n) is 18.8. The van der Waals surface area contributed by atoms with Gasteiger partial charge in [-0.3, -0.25) is 0 Å². The maximum Gasteiger partial charge on any atom is 0.0463 e. The van der Waals surface area contributed by atoms with Gasteiger partial charge < -0.3 is 10.2 Å². The van der Waals surface area contributed by atoms with E-state index < -0.39 is 0 Å². The Kier molecular flexibility index (Phi) is 13.2. The van der Waals surface area contributed by atoms with Gasteiger partial charge in [-0.15, -0.1) is 0 Å². The standard InChI is InChI=1S/C46H62N2/c1-10-19-40(12-3)47-41-26-32-44(33-27-41)48(42-28-22-37(23-29-42)36(9)11-2)43-30-24-39(25-31-43)46(15-6,34-35(7)8)45(13-4,14-5)38-20-17-16-18-21-38/h16-33,35-36,47H,10-15,34H2,1-9H3/b40-19+. The minimum Gasteiger partial charge on any atom is -0.359 e. The van der Waals surface area contributed by atoms with Gasteiger partial charge in [0.15, 0.2) is 0 Å². The van der Waals surface area contributed by atoms with Crippen molar-refractivity contribution in [1.29, 1.82) is 0 Å². The van der Waals surface area contributed by atoms with Crippen molar-refractivity contribution in [3.05, 3.63) is 132 Å². The third-order valence-electron chi connectivity index (χ3n) is 11.1. The van der Waals surface area contributed by atoms with E-state index in [0.717, 1.165) is 56.3 Å². The lowest BCUT2D eigenvalue weighted by Gasteiger charge is -2.52. The van der Waals surface area contributed by atoms with E-state index in [-0.39, 0.29) is 10.8 Å². The summed E-state index contributed by atoms with van der Waals surface area (Å²) in [5.41, 5.74) is 10.3. The number of hydrogen-bond acceptors (Lipinski definition) is 2. The van der Waals surface area contributed by atoms with Crippen molar-refractivity contribution in [2.45, 2.75) is 124 Å². The second-order valence-electron chi connectivity index (χ2n) is 14.1. The Labute approximate surface area is 293 Å². The molecule has 0 spiro atoms. The molecule has 4 rings (SSSR count). The minimum atomic E-state index is 0.0175. The third kappa shape index (κ3) is 7.75. The van der Waals surface area contributed by atoms with Crippen LogP contribution in [0.4, 0.5) is 22.7 Å². The summed E-state index contributed by atoms with van der Waals surface area (Å²) in [7, 11) is 0. The van der Waals surface area contributed by atoms with E-state index in [9.17, 15) is 0 Å². The number of anilines is 4. The van der Waals surface area contributed by atoms with Gasteiger partial charge >= 0.3 is 0 Å². The highest BCUT2D eigenvalue weighted by Crippen LogP contribution is 2.55. The lowest BCUT2D eigenvalue weighted by molar-refractivity contribution is 0.152. The predicted molar refractivity (Wildman–Crippen MR) is 212 cm³/mol. The molecule has 4 aromatic rings. The predicted octanol–water partition coefficient (Wildman–Crippen LogP) is 14.2. The summed E-state index contributed by atoms with van der Waals surface area (Å²) in [6.07, 6.45) is 9.92. The normalized spacial score (nSPS) is 14.1. The molecular formula is C46H62N2. The van der Waals surface area contributed by atoms with Crippen molar-refractivity contribution in [3.8, 4) is 0 Å². The molecule has 2 unspecified atom stereocenters. The Bertz CT molecular complexity index is 1540. The topological polar surface area (TPSA) is 15.3 Å². The molecular weight excluding hydrogens is 581 g/mol. The molecule has 1 N–H and O–H groups in total. The van der Waals surface area contributed by atoms with Gasteiger partial charge in [0.1, 0.15) is 0 Å². The number of allylic oxidation sites excluding steroid dienone is 2. The zero-order valence-electron chi connectivity index (χ0n) is 31.4. The Morgan fingerprint density at radius 3 is 1.58 bits per heavy atom. The largest absolute Gasteiger partial charge is 0.359 e. The number of rotatable bonds is 17. The van der Waals surface area contributed by atoms with Crippen molar-refractivity contribution < 1.29 is 0 Å². The molecule has 4 aromatic carbocycles. The molecule has 0 saturated carbocycles. The number of hydrogen-bond donors (Lipinski definition) is 1. The molecule has 0 radical (unpaired) electrons. The fourth-order valence-corrected chi connectivity index (χ4v) is 8.32. The second-order valence-corrected chi connectivity index (χ2v) is 14.1. The van der Waals surface area contributed by atoms with Crippen LogP contribution in [0.15, 0.2) is 115 Å². The van der Waals surface area contributed by atoms with Crippen LogP contribution >= 0.6 is 0 Å². The zero-order valence-corrected chi connectivity index (χ0v) is 31.4. The fourth-order valence-electron chi connectivity index (χ4n) is 8.32. The van der Waals surface area contributed by atoms with Gasteiger partial charge in [-0.25, -0.2) is 0 Å². The Morgan fingerprint density at radius 2 is 1.12 bits per heavy atom. The van der Waals surface area contributed by atoms with Crippen LogP contribution in [0.3, 0.4) is 0 Å². The van der Waals surface area contributed by atoms with Crippen LogP contribution in [0.2, 0.25) is 0 Å². The first kappa shape index (κ1) is 37.0. The van der Waals surface area contributed by atoms with Crippen molar-refractivity contribution in [2.24, 2.45) is 5.92 Å². The summed E-state index contributed by atoms with van der Waals surface area (Å²) in [6.45, 7) is 21.0. The molecule has 2 heteroatoms. The molecule has 0 aliphatic heterocycles. The first-order chi connectivity index (χ1) is 23.2.